The van der Waals surface area contributed by atoms with Crippen LogP contribution in [0.2, 0.25) is 0 Å². The molecule has 0 atom stereocenters. The molecule has 0 saturated carbocycles. The molecule has 2 rings (SSSR count). The Labute approximate surface area is 120 Å². The summed E-state index contributed by atoms with van der Waals surface area (Å²) in [4.78, 5) is 22.3. The number of fused-ring (bicyclic) bond motifs is 1. The molecule has 1 heterocycles. The lowest BCUT2D eigenvalue weighted by atomic mass is 10.1. The summed E-state index contributed by atoms with van der Waals surface area (Å²) in [6.07, 6.45) is 0. The van der Waals surface area contributed by atoms with Crippen molar-refractivity contribution in [1.29, 1.82) is 0 Å². The van der Waals surface area contributed by atoms with E-state index in [0.29, 0.717) is 22.3 Å². The van der Waals surface area contributed by atoms with Gasteiger partial charge in [-0.1, -0.05) is 6.07 Å². The number of aryl methyl sites for hydroxylation is 1. The Bertz CT molecular complexity index is 760. The fourth-order valence-corrected chi connectivity index (χ4v) is 2.16. The number of esters is 2. The zero-order chi connectivity index (χ0) is 14.9. The molecule has 5 nitrogen and oxygen atoms in total. The van der Waals surface area contributed by atoms with Crippen LogP contribution in [0.1, 0.15) is 19.4 Å². The molecule has 6 heteroatoms. The van der Waals surface area contributed by atoms with E-state index in [9.17, 15) is 9.59 Å². The van der Waals surface area contributed by atoms with Gasteiger partial charge in [0.05, 0.1) is 5.39 Å². The van der Waals surface area contributed by atoms with Gasteiger partial charge in [0.2, 0.25) is 4.71 Å². The Balaban J connectivity index is 2.76. The van der Waals surface area contributed by atoms with Crippen LogP contribution in [-0.4, -0.2) is 11.9 Å². The first kappa shape index (κ1) is 14.2. The molecule has 0 aliphatic carbocycles. The normalized spacial score (nSPS) is 10.3. The molecule has 0 fully saturated rings. The molecule has 0 radical (unpaired) electrons. The van der Waals surface area contributed by atoms with Crippen molar-refractivity contribution in [3.63, 3.8) is 0 Å². The van der Waals surface area contributed by atoms with Gasteiger partial charge in [-0.15, -0.1) is 0 Å². The van der Waals surface area contributed by atoms with Gasteiger partial charge in [0, 0.05) is 19.4 Å². The standard InChI is InChI=1S/C14H12O5S/c1-7-12-10(17-8(2)15)5-4-6-11(12)19-14(20)13(7)18-9(3)16/h4-6H,1-3H3. The highest BCUT2D eigenvalue weighted by Gasteiger charge is 2.16. The Hall–Kier alpha value is -2.21. The minimum absolute atomic E-state index is 0.0742. The number of ether oxygens (including phenoxy) is 2. The van der Waals surface area contributed by atoms with E-state index in [2.05, 4.69) is 0 Å². The third-order valence-electron chi connectivity index (χ3n) is 2.59. The summed E-state index contributed by atoms with van der Waals surface area (Å²) < 4.78 is 15.7. The summed E-state index contributed by atoms with van der Waals surface area (Å²) >= 11 is 5.06. The van der Waals surface area contributed by atoms with E-state index in [1.54, 1.807) is 25.1 Å². The first-order valence-electron chi connectivity index (χ1n) is 5.83. The first-order chi connectivity index (χ1) is 9.40. The number of benzene rings is 1. The molecule has 20 heavy (non-hydrogen) atoms. The van der Waals surface area contributed by atoms with Crippen LogP contribution in [0, 0.1) is 11.6 Å². The van der Waals surface area contributed by atoms with Crippen LogP contribution < -0.4 is 9.47 Å². The zero-order valence-corrected chi connectivity index (χ0v) is 12.0. The van der Waals surface area contributed by atoms with E-state index in [4.69, 9.17) is 26.1 Å². The van der Waals surface area contributed by atoms with Crippen LogP contribution in [0.15, 0.2) is 22.6 Å². The quantitative estimate of drug-likeness (QED) is 0.480. The maximum absolute atomic E-state index is 11.1. The minimum atomic E-state index is -0.501. The number of carbonyl (C=O) groups excluding carboxylic acids is 2. The van der Waals surface area contributed by atoms with Crippen LogP contribution in [0.4, 0.5) is 0 Å². The molecule has 0 aliphatic heterocycles. The van der Waals surface area contributed by atoms with Crippen LogP contribution in [0.25, 0.3) is 11.0 Å². The Kier molecular flexibility index (Phi) is 3.85. The van der Waals surface area contributed by atoms with Crippen molar-refractivity contribution in [2.24, 2.45) is 0 Å². The Morgan fingerprint density at radius 2 is 1.80 bits per heavy atom. The highest BCUT2D eigenvalue weighted by molar-refractivity contribution is 7.71. The SMILES string of the molecule is CC(=O)Oc1c(C)c2c(OC(C)=O)cccc2oc1=S. The van der Waals surface area contributed by atoms with Gasteiger partial charge < -0.3 is 13.9 Å². The number of carbonyl (C=O) groups is 2. The van der Waals surface area contributed by atoms with Crippen LogP contribution in [0.3, 0.4) is 0 Å². The molecule has 1 aromatic carbocycles. The van der Waals surface area contributed by atoms with Crippen LogP contribution in [-0.2, 0) is 9.59 Å². The van der Waals surface area contributed by atoms with E-state index in [-0.39, 0.29) is 10.5 Å². The fourth-order valence-electron chi connectivity index (χ4n) is 1.88. The van der Waals surface area contributed by atoms with E-state index in [0.717, 1.165) is 0 Å². The lowest BCUT2D eigenvalue weighted by Gasteiger charge is -2.11. The zero-order valence-electron chi connectivity index (χ0n) is 11.2. The van der Waals surface area contributed by atoms with E-state index in [1.165, 1.54) is 13.8 Å². The van der Waals surface area contributed by atoms with Gasteiger partial charge in [-0.3, -0.25) is 9.59 Å². The second-order valence-electron chi connectivity index (χ2n) is 4.16. The number of rotatable bonds is 2. The Morgan fingerprint density at radius 1 is 1.15 bits per heavy atom. The monoisotopic (exact) mass is 292 g/mol. The van der Waals surface area contributed by atoms with Gasteiger partial charge in [-0.2, -0.15) is 0 Å². The maximum atomic E-state index is 11.1. The summed E-state index contributed by atoms with van der Waals surface area (Å²) in [6, 6.07) is 5.01. The molecule has 0 amide bonds. The van der Waals surface area contributed by atoms with Crippen molar-refractivity contribution < 1.29 is 23.5 Å². The van der Waals surface area contributed by atoms with Crippen molar-refractivity contribution in [2.75, 3.05) is 0 Å². The van der Waals surface area contributed by atoms with Crippen molar-refractivity contribution in [1.82, 2.24) is 0 Å². The topological polar surface area (TPSA) is 65.7 Å². The van der Waals surface area contributed by atoms with Gasteiger partial charge in [-0.25, -0.2) is 0 Å². The summed E-state index contributed by atoms with van der Waals surface area (Å²) in [5.41, 5.74) is 1.05. The van der Waals surface area contributed by atoms with Gasteiger partial charge in [0.15, 0.2) is 5.75 Å². The van der Waals surface area contributed by atoms with Gasteiger partial charge in [-0.05, 0) is 31.3 Å². The molecule has 0 unspecified atom stereocenters. The van der Waals surface area contributed by atoms with Crippen molar-refractivity contribution in [3.05, 3.63) is 28.5 Å². The second-order valence-corrected chi connectivity index (χ2v) is 4.53. The molecule has 0 bridgehead atoms. The van der Waals surface area contributed by atoms with Crippen LogP contribution in [0.5, 0.6) is 11.5 Å². The lowest BCUT2D eigenvalue weighted by Crippen LogP contribution is -2.05. The third kappa shape index (κ3) is 2.70. The van der Waals surface area contributed by atoms with E-state index < -0.39 is 11.9 Å². The predicted molar refractivity (Wildman–Crippen MR) is 74.4 cm³/mol. The smallest absolute Gasteiger partial charge is 0.308 e. The van der Waals surface area contributed by atoms with Gasteiger partial charge in [0.25, 0.3) is 0 Å². The van der Waals surface area contributed by atoms with E-state index >= 15 is 0 Å². The molecule has 1 aromatic heterocycles. The van der Waals surface area contributed by atoms with Crippen molar-refractivity contribution >= 4 is 35.1 Å². The Morgan fingerprint density at radius 3 is 2.40 bits per heavy atom. The summed E-state index contributed by atoms with van der Waals surface area (Å²) in [7, 11) is 0. The second kappa shape index (κ2) is 5.42. The minimum Gasteiger partial charge on any atom is -0.441 e. The molecule has 0 spiro atoms. The largest absolute Gasteiger partial charge is 0.441 e. The molecule has 0 saturated heterocycles. The average molecular weight is 292 g/mol. The van der Waals surface area contributed by atoms with Gasteiger partial charge >= 0.3 is 11.9 Å². The molecule has 0 N–H and O–H groups in total. The number of hydrogen-bond acceptors (Lipinski definition) is 6. The summed E-state index contributed by atoms with van der Waals surface area (Å²) in [6.45, 7) is 4.30. The molecular formula is C14H12O5S. The lowest BCUT2D eigenvalue weighted by molar-refractivity contribution is -0.133. The average Bonchev–Trinajstić information content (AvgIpc) is 2.33. The highest BCUT2D eigenvalue weighted by Crippen LogP contribution is 2.35. The van der Waals surface area contributed by atoms with Crippen molar-refractivity contribution in [3.8, 4) is 11.5 Å². The number of hydrogen-bond donors (Lipinski definition) is 0. The first-order valence-corrected chi connectivity index (χ1v) is 6.24. The molecular weight excluding hydrogens is 280 g/mol. The van der Waals surface area contributed by atoms with E-state index in [1.807, 2.05) is 0 Å². The predicted octanol–water partition coefficient (Wildman–Crippen LogP) is 3.32. The summed E-state index contributed by atoms with van der Waals surface area (Å²) in [5, 5.41) is 0.549. The van der Waals surface area contributed by atoms with Crippen LogP contribution >= 0.6 is 12.2 Å². The summed E-state index contributed by atoms with van der Waals surface area (Å²) in [5.74, 6) is -0.452. The third-order valence-corrected chi connectivity index (χ3v) is 2.86. The molecule has 2 aromatic rings. The van der Waals surface area contributed by atoms with Gasteiger partial charge in [0.1, 0.15) is 11.3 Å². The fraction of sp³-hybridized carbons (Fsp3) is 0.214. The molecule has 0 aliphatic rings. The maximum Gasteiger partial charge on any atom is 0.308 e. The highest BCUT2D eigenvalue weighted by atomic mass is 32.1. The molecule has 104 valence electrons. The van der Waals surface area contributed by atoms with Crippen molar-refractivity contribution in [2.45, 2.75) is 20.8 Å².